The number of fused-ring (bicyclic) bond motifs is 1. The van der Waals surface area contributed by atoms with Gasteiger partial charge in [-0.3, -0.25) is 4.79 Å². The van der Waals surface area contributed by atoms with Crippen LogP contribution in [0.5, 0.6) is 5.88 Å². The summed E-state index contributed by atoms with van der Waals surface area (Å²) in [6, 6.07) is 6.55. The number of methoxy groups -OCH3 is 1. The third-order valence-corrected chi connectivity index (χ3v) is 3.75. The second-order valence-electron chi connectivity index (χ2n) is 4.92. The number of hydrogen-bond donors (Lipinski definition) is 2. The van der Waals surface area contributed by atoms with E-state index in [0.29, 0.717) is 21.8 Å². The molecule has 0 bridgehead atoms. The molecular formula is C15H13ClN2O3. The highest BCUT2D eigenvalue weighted by Crippen LogP contribution is 2.44. The summed E-state index contributed by atoms with van der Waals surface area (Å²) in [5.41, 5.74) is 0.150. The van der Waals surface area contributed by atoms with Gasteiger partial charge in [0, 0.05) is 22.5 Å². The van der Waals surface area contributed by atoms with Crippen LogP contribution in [0.25, 0.3) is 0 Å². The van der Waals surface area contributed by atoms with Crippen molar-refractivity contribution in [3.63, 3.8) is 0 Å². The first kappa shape index (κ1) is 13.9. The lowest BCUT2D eigenvalue weighted by atomic mass is 9.87. The molecule has 6 heteroatoms. The number of nitrogens with zero attached hydrogens (tertiary/aromatic N) is 1. The number of aryl methyl sites for hydroxylation is 1. The van der Waals surface area contributed by atoms with Crippen molar-refractivity contribution in [1.29, 1.82) is 0 Å². The number of rotatable bonds is 2. The Labute approximate surface area is 126 Å². The van der Waals surface area contributed by atoms with E-state index in [1.54, 1.807) is 30.5 Å². The molecule has 1 atom stereocenters. The van der Waals surface area contributed by atoms with Gasteiger partial charge >= 0.3 is 0 Å². The predicted molar refractivity (Wildman–Crippen MR) is 78.6 cm³/mol. The largest absolute Gasteiger partial charge is 0.481 e. The van der Waals surface area contributed by atoms with Crippen molar-refractivity contribution in [3.05, 3.63) is 52.2 Å². The van der Waals surface area contributed by atoms with Gasteiger partial charge in [-0.1, -0.05) is 11.6 Å². The number of aromatic nitrogens is 1. The molecule has 3 rings (SSSR count). The molecule has 1 aromatic heterocycles. The summed E-state index contributed by atoms with van der Waals surface area (Å²) in [6.45, 7) is 1.82. The molecule has 0 fully saturated rings. The number of amides is 1. The van der Waals surface area contributed by atoms with Gasteiger partial charge in [0.2, 0.25) is 11.5 Å². The minimum atomic E-state index is -1.87. The molecule has 1 aromatic carbocycles. The minimum Gasteiger partial charge on any atom is -0.481 e. The van der Waals surface area contributed by atoms with Crippen LogP contribution in [0.15, 0.2) is 30.5 Å². The first-order chi connectivity index (χ1) is 9.96. The van der Waals surface area contributed by atoms with Crippen LogP contribution in [0.4, 0.5) is 5.69 Å². The number of carbonyl (C=O) groups excluding carboxylic acids is 1. The van der Waals surface area contributed by atoms with Gasteiger partial charge < -0.3 is 15.2 Å². The Balaban J connectivity index is 2.29. The van der Waals surface area contributed by atoms with Crippen molar-refractivity contribution >= 4 is 23.2 Å². The van der Waals surface area contributed by atoms with E-state index >= 15 is 0 Å². The van der Waals surface area contributed by atoms with Crippen LogP contribution in [0.2, 0.25) is 5.02 Å². The molecule has 2 aromatic rings. The number of benzene rings is 1. The van der Waals surface area contributed by atoms with Crippen LogP contribution < -0.4 is 10.1 Å². The molecule has 0 radical (unpaired) electrons. The second-order valence-corrected chi connectivity index (χ2v) is 5.36. The maximum absolute atomic E-state index is 12.4. The summed E-state index contributed by atoms with van der Waals surface area (Å²) in [5, 5.41) is 14.1. The zero-order chi connectivity index (χ0) is 15.2. The van der Waals surface area contributed by atoms with E-state index in [2.05, 4.69) is 10.3 Å². The number of ether oxygens (including phenoxy) is 1. The zero-order valence-electron chi connectivity index (χ0n) is 11.5. The van der Waals surface area contributed by atoms with Crippen molar-refractivity contribution in [1.82, 2.24) is 4.98 Å². The first-order valence-electron chi connectivity index (χ1n) is 6.31. The van der Waals surface area contributed by atoms with Crippen LogP contribution in [-0.2, 0) is 10.4 Å². The third kappa shape index (κ3) is 1.97. The first-order valence-corrected chi connectivity index (χ1v) is 6.69. The SMILES string of the molecule is COc1ncc(C)cc1C1(O)C(=O)Nc2ccc(Cl)cc21. The van der Waals surface area contributed by atoms with Gasteiger partial charge in [0.25, 0.3) is 5.91 Å². The number of pyridine rings is 1. The quantitative estimate of drug-likeness (QED) is 0.892. The minimum absolute atomic E-state index is 0.200. The predicted octanol–water partition coefficient (Wildman–Crippen LogP) is 2.24. The van der Waals surface area contributed by atoms with Gasteiger partial charge in [0.05, 0.1) is 12.7 Å². The van der Waals surface area contributed by atoms with E-state index in [1.165, 1.54) is 7.11 Å². The summed E-state index contributed by atoms with van der Waals surface area (Å²) < 4.78 is 5.19. The van der Waals surface area contributed by atoms with Crippen molar-refractivity contribution in [2.24, 2.45) is 0 Å². The maximum atomic E-state index is 12.4. The van der Waals surface area contributed by atoms with Gasteiger partial charge in [-0.05, 0) is 36.8 Å². The summed E-state index contributed by atoms with van der Waals surface area (Å²) >= 11 is 5.99. The third-order valence-electron chi connectivity index (χ3n) is 3.52. The van der Waals surface area contributed by atoms with Crippen LogP contribution in [-0.4, -0.2) is 23.1 Å². The molecule has 0 aliphatic carbocycles. The number of carbonyl (C=O) groups is 1. The number of halogens is 1. The lowest BCUT2D eigenvalue weighted by Gasteiger charge is -2.23. The standard InChI is InChI=1S/C15H13ClN2O3/c1-8-5-11(13(21-2)17-7-8)15(20)10-6-9(16)3-4-12(10)18-14(15)19/h3-7,20H,1-2H3,(H,18,19). The van der Waals surface area contributed by atoms with Gasteiger partial charge in [-0.2, -0.15) is 0 Å². The molecule has 1 amide bonds. The molecule has 2 heterocycles. The van der Waals surface area contributed by atoms with Crippen LogP contribution >= 0.6 is 11.6 Å². The maximum Gasteiger partial charge on any atom is 0.266 e. The Morgan fingerprint density at radius 2 is 2.10 bits per heavy atom. The summed E-state index contributed by atoms with van der Waals surface area (Å²) in [5.74, 6) is -0.350. The van der Waals surface area contributed by atoms with E-state index in [-0.39, 0.29) is 5.88 Å². The zero-order valence-corrected chi connectivity index (χ0v) is 12.2. The second kappa shape index (κ2) is 4.72. The Kier molecular flexibility index (Phi) is 3.11. The Hall–Kier alpha value is -2.11. The topological polar surface area (TPSA) is 71.5 Å². The number of hydrogen-bond acceptors (Lipinski definition) is 4. The Morgan fingerprint density at radius 1 is 1.33 bits per heavy atom. The van der Waals surface area contributed by atoms with E-state index < -0.39 is 11.5 Å². The summed E-state index contributed by atoms with van der Waals surface area (Å²) in [6.07, 6.45) is 1.61. The molecule has 1 aliphatic heterocycles. The van der Waals surface area contributed by atoms with E-state index in [9.17, 15) is 9.90 Å². The Bertz CT molecular complexity index is 748. The smallest absolute Gasteiger partial charge is 0.266 e. The van der Waals surface area contributed by atoms with E-state index in [0.717, 1.165) is 5.56 Å². The van der Waals surface area contributed by atoms with Crippen molar-refractivity contribution in [3.8, 4) is 5.88 Å². The van der Waals surface area contributed by atoms with Crippen LogP contribution in [0.1, 0.15) is 16.7 Å². The molecule has 0 spiro atoms. The fourth-order valence-electron chi connectivity index (χ4n) is 2.51. The fraction of sp³-hybridized carbons (Fsp3) is 0.200. The van der Waals surface area contributed by atoms with Gasteiger partial charge in [-0.25, -0.2) is 4.98 Å². The lowest BCUT2D eigenvalue weighted by molar-refractivity contribution is -0.129. The van der Waals surface area contributed by atoms with E-state index in [1.807, 2.05) is 6.92 Å². The van der Waals surface area contributed by atoms with Crippen LogP contribution in [0, 0.1) is 6.92 Å². The van der Waals surface area contributed by atoms with Gasteiger partial charge in [-0.15, -0.1) is 0 Å². The molecule has 1 aliphatic rings. The molecule has 0 saturated carbocycles. The number of nitrogens with one attached hydrogen (secondary N) is 1. The lowest BCUT2D eigenvalue weighted by Crippen LogP contribution is -2.36. The molecule has 0 saturated heterocycles. The van der Waals surface area contributed by atoms with Crippen LogP contribution in [0.3, 0.4) is 0 Å². The molecular weight excluding hydrogens is 292 g/mol. The highest BCUT2D eigenvalue weighted by atomic mass is 35.5. The molecule has 5 nitrogen and oxygen atoms in total. The monoisotopic (exact) mass is 304 g/mol. The molecule has 108 valence electrons. The molecule has 21 heavy (non-hydrogen) atoms. The van der Waals surface area contributed by atoms with E-state index in [4.69, 9.17) is 16.3 Å². The summed E-state index contributed by atoms with van der Waals surface area (Å²) in [7, 11) is 1.44. The number of aliphatic hydroxyl groups is 1. The van der Waals surface area contributed by atoms with Crippen molar-refractivity contribution < 1.29 is 14.6 Å². The van der Waals surface area contributed by atoms with Gasteiger partial charge in [0.15, 0.2) is 0 Å². The van der Waals surface area contributed by atoms with Crippen molar-refractivity contribution in [2.45, 2.75) is 12.5 Å². The number of anilines is 1. The highest BCUT2D eigenvalue weighted by Gasteiger charge is 2.49. The molecule has 1 unspecified atom stereocenters. The highest BCUT2D eigenvalue weighted by molar-refractivity contribution is 6.31. The van der Waals surface area contributed by atoms with Gasteiger partial charge in [0.1, 0.15) is 0 Å². The van der Waals surface area contributed by atoms with Crippen molar-refractivity contribution in [2.75, 3.05) is 12.4 Å². The summed E-state index contributed by atoms with van der Waals surface area (Å²) in [4.78, 5) is 16.5. The molecule has 2 N–H and O–H groups in total. The average Bonchev–Trinajstić information content (AvgIpc) is 2.72. The Morgan fingerprint density at radius 3 is 2.81 bits per heavy atom. The average molecular weight is 305 g/mol. The normalized spacial score (nSPS) is 20.1. The fourth-order valence-corrected chi connectivity index (χ4v) is 2.68.